The number of fused-ring (bicyclic) bond motifs is 1. The number of carbonyl (C=O) groups is 1. The molecule has 0 aromatic heterocycles. The Labute approximate surface area is 99.6 Å². The fourth-order valence-electron chi connectivity index (χ4n) is 1.77. The molecule has 3 heteroatoms. The van der Waals surface area contributed by atoms with Gasteiger partial charge in [-0.05, 0) is 28.5 Å². The van der Waals surface area contributed by atoms with E-state index in [2.05, 4.69) is 0 Å². The van der Waals surface area contributed by atoms with Gasteiger partial charge in [-0.1, -0.05) is 31.2 Å². The summed E-state index contributed by atoms with van der Waals surface area (Å²) in [5.74, 6) is -0.863. The summed E-state index contributed by atoms with van der Waals surface area (Å²) in [4.78, 5) is 10.8. The molecule has 88 valence electrons. The summed E-state index contributed by atoms with van der Waals surface area (Å²) in [5.41, 5.74) is 0.752. The number of carbonyl (C=O) groups excluding carboxylic acids is 1. The summed E-state index contributed by atoms with van der Waals surface area (Å²) in [5, 5.41) is 12.8. The van der Waals surface area contributed by atoms with Crippen LogP contribution in [-0.2, 0) is 4.79 Å². The van der Waals surface area contributed by atoms with Crippen molar-refractivity contribution in [2.24, 2.45) is 0 Å². The van der Waals surface area contributed by atoms with E-state index in [0.29, 0.717) is 0 Å². The Hall–Kier alpha value is -2.03. The molecule has 0 N–H and O–H groups in total. The maximum Gasteiger partial charge on any atom is 0.119 e. The monoisotopic (exact) mass is 229 g/mol. The zero-order valence-corrected chi connectivity index (χ0v) is 9.77. The van der Waals surface area contributed by atoms with Gasteiger partial charge in [-0.25, -0.2) is 0 Å². The molecule has 0 unspecified atom stereocenters. The first kappa shape index (κ1) is 11.5. The van der Waals surface area contributed by atoms with Gasteiger partial charge in [-0.3, -0.25) is 0 Å². The van der Waals surface area contributed by atoms with E-state index in [1.807, 2.05) is 36.4 Å². The third-order valence-electron chi connectivity index (χ3n) is 2.93. The highest BCUT2D eigenvalue weighted by Gasteiger charge is 2.07. The van der Waals surface area contributed by atoms with Crippen LogP contribution in [0.5, 0.6) is 5.75 Å². The van der Waals surface area contributed by atoms with Gasteiger partial charge in [-0.15, -0.1) is 0 Å². The van der Waals surface area contributed by atoms with Crippen molar-refractivity contribution in [1.29, 1.82) is 0 Å². The number of hydrogen-bond donors (Lipinski definition) is 0. The number of methoxy groups -OCH3 is 1. The zero-order chi connectivity index (χ0) is 12.4. The second-order valence-electron chi connectivity index (χ2n) is 4.01. The van der Waals surface area contributed by atoms with Crippen molar-refractivity contribution in [2.75, 3.05) is 7.11 Å². The summed E-state index contributed by atoms with van der Waals surface area (Å²) in [6.45, 7) is 1.63. The van der Waals surface area contributed by atoms with Crippen LogP contribution >= 0.6 is 0 Å². The average Bonchev–Trinajstić information content (AvgIpc) is 2.36. The van der Waals surface area contributed by atoms with Crippen LogP contribution in [0.4, 0.5) is 0 Å². The summed E-state index contributed by atoms with van der Waals surface area (Å²) in [6, 6.07) is 11.3. The van der Waals surface area contributed by atoms with E-state index < -0.39 is 11.9 Å². The molecule has 0 fully saturated rings. The fraction of sp³-hybridized carbons (Fsp3) is 0.214. The van der Waals surface area contributed by atoms with Gasteiger partial charge in [0, 0.05) is 11.9 Å². The first-order chi connectivity index (χ1) is 8.11. The molecule has 0 aliphatic heterocycles. The average molecular weight is 229 g/mol. The molecule has 0 aliphatic rings. The third kappa shape index (κ3) is 2.23. The zero-order valence-electron chi connectivity index (χ0n) is 9.77. The molecule has 0 amide bonds. The van der Waals surface area contributed by atoms with E-state index in [-0.39, 0.29) is 0 Å². The summed E-state index contributed by atoms with van der Waals surface area (Å²) in [6.07, 6.45) is 0. The Kier molecular flexibility index (Phi) is 3.00. The van der Waals surface area contributed by atoms with Gasteiger partial charge < -0.3 is 14.6 Å². The minimum absolute atomic E-state index is 0.596. The number of hydrogen-bond acceptors (Lipinski definition) is 3. The van der Waals surface area contributed by atoms with Crippen LogP contribution < -0.4 is 9.84 Å². The molecule has 0 saturated heterocycles. The third-order valence-corrected chi connectivity index (χ3v) is 2.93. The van der Waals surface area contributed by atoms with E-state index in [9.17, 15) is 9.90 Å². The number of ether oxygens (including phenoxy) is 1. The van der Waals surface area contributed by atoms with Crippen molar-refractivity contribution in [1.82, 2.24) is 0 Å². The maximum atomic E-state index is 10.8. The maximum absolute atomic E-state index is 10.8. The lowest BCUT2D eigenvalue weighted by atomic mass is 9.98. The Morgan fingerprint density at radius 2 is 1.82 bits per heavy atom. The van der Waals surface area contributed by atoms with Gasteiger partial charge >= 0.3 is 0 Å². The lowest BCUT2D eigenvalue weighted by Crippen LogP contribution is -2.27. The standard InChI is InChI=1S/C14H14O3/c1-9(14(15)16)10-3-4-12-8-13(17-2)6-5-11(12)7-10/h3-9H,1-2H3,(H,15,16)/p-1/t9-/m1/s1. The molecule has 0 bridgehead atoms. The van der Waals surface area contributed by atoms with Crippen molar-refractivity contribution >= 4 is 16.7 Å². The first-order valence-electron chi connectivity index (χ1n) is 5.40. The highest BCUT2D eigenvalue weighted by Crippen LogP contribution is 2.24. The second kappa shape index (κ2) is 4.45. The minimum atomic E-state index is -1.06. The number of rotatable bonds is 3. The highest BCUT2D eigenvalue weighted by molar-refractivity contribution is 5.86. The molecule has 0 radical (unpaired) electrons. The Bertz CT molecular complexity index is 560. The van der Waals surface area contributed by atoms with Gasteiger partial charge in [-0.2, -0.15) is 0 Å². The van der Waals surface area contributed by atoms with Gasteiger partial charge in [0.1, 0.15) is 5.75 Å². The molecular weight excluding hydrogens is 216 g/mol. The number of carboxylic acid groups (broad SMARTS) is 1. The molecule has 0 saturated carbocycles. The molecule has 0 heterocycles. The predicted molar refractivity (Wildman–Crippen MR) is 63.9 cm³/mol. The summed E-state index contributed by atoms with van der Waals surface area (Å²) < 4.78 is 5.13. The van der Waals surface area contributed by atoms with E-state index in [1.54, 1.807) is 14.0 Å². The number of benzene rings is 2. The molecule has 3 nitrogen and oxygen atoms in total. The molecular formula is C14H13O3-. The first-order valence-corrected chi connectivity index (χ1v) is 5.40. The van der Waals surface area contributed by atoms with Crippen LogP contribution in [-0.4, -0.2) is 13.1 Å². The van der Waals surface area contributed by atoms with Gasteiger partial charge in [0.15, 0.2) is 0 Å². The summed E-state index contributed by atoms with van der Waals surface area (Å²) in [7, 11) is 1.62. The number of aliphatic carboxylic acids is 1. The van der Waals surface area contributed by atoms with Crippen molar-refractivity contribution in [3.8, 4) is 5.75 Å². The van der Waals surface area contributed by atoms with E-state index in [0.717, 1.165) is 22.1 Å². The second-order valence-corrected chi connectivity index (χ2v) is 4.01. The Balaban J connectivity index is 2.48. The van der Waals surface area contributed by atoms with Crippen LogP contribution in [0, 0.1) is 0 Å². The lowest BCUT2D eigenvalue weighted by molar-refractivity contribution is -0.307. The molecule has 2 rings (SSSR count). The van der Waals surface area contributed by atoms with Crippen LogP contribution in [0.25, 0.3) is 10.8 Å². The van der Waals surface area contributed by atoms with Crippen LogP contribution in [0.2, 0.25) is 0 Å². The molecule has 0 aliphatic carbocycles. The van der Waals surface area contributed by atoms with Crippen LogP contribution in [0.3, 0.4) is 0 Å². The van der Waals surface area contributed by atoms with E-state index in [4.69, 9.17) is 4.74 Å². The molecule has 1 atom stereocenters. The van der Waals surface area contributed by atoms with Crippen molar-refractivity contribution in [2.45, 2.75) is 12.8 Å². The van der Waals surface area contributed by atoms with E-state index >= 15 is 0 Å². The van der Waals surface area contributed by atoms with Crippen molar-refractivity contribution in [3.05, 3.63) is 42.0 Å². The van der Waals surface area contributed by atoms with E-state index in [1.165, 1.54) is 0 Å². The Morgan fingerprint density at radius 1 is 1.18 bits per heavy atom. The normalized spacial score (nSPS) is 12.4. The highest BCUT2D eigenvalue weighted by atomic mass is 16.5. The fourth-order valence-corrected chi connectivity index (χ4v) is 1.77. The molecule has 2 aromatic rings. The predicted octanol–water partition coefficient (Wildman–Crippen LogP) is 1.70. The topological polar surface area (TPSA) is 49.4 Å². The van der Waals surface area contributed by atoms with Crippen LogP contribution in [0.1, 0.15) is 18.4 Å². The van der Waals surface area contributed by atoms with Gasteiger partial charge in [0.25, 0.3) is 0 Å². The SMILES string of the molecule is COc1ccc2cc([C@@H](C)C(=O)[O-])ccc2c1. The van der Waals surface area contributed by atoms with Gasteiger partial charge in [0.05, 0.1) is 7.11 Å². The number of carboxylic acids is 1. The minimum Gasteiger partial charge on any atom is -0.550 e. The van der Waals surface area contributed by atoms with Crippen LogP contribution in [0.15, 0.2) is 36.4 Å². The largest absolute Gasteiger partial charge is 0.550 e. The van der Waals surface area contributed by atoms with Crippen molar-refractivity contribution < 1.29 is 14.6 Å². The van der Waals surface area contributed by atoms with Crippen molar-refractivity contribution in [3.63, 3.8) is 0 Å². The summed E-state index contributed by atoms with van der Waals surface area (Å²) >= 11 is 0. The molecule has 0 spiro atoms. The Morgan fingerprint density at radius 3 is 2.47 bits per heavy atom. The molecule has 2 aromatic carbocycles. The van der Waals surface area contributed by atoms with Gasteiger partial charge in [0.2, 0.25) is 0 Å². The molecule has 17 heavy (non-hydrogen) atoms. The smallest absolute Gasteiger partial charge is 0.119 e. The quantitative estimate of drug-likeness (QED) is 0.804. The lowest BCUT2D eigenvalue weighted by Gasteiger charge is -2.13.